The SMILES string of the molecule is CC(C)CCN(c1ncccc1C=O)C1CC1. The van der Waals surface area contributed by atoms with E-state index in [1.54, 1.807) is 6.20 Å². The molecular formula is C14H20N2O. The quantitative estimate of drug-likeness (QED) is 0.707. The van der Waals surface area contributed by atoms with Crippen LogP contribution < -0.4 is 4.90 Å². The number of aromatic nitrogens is 1. The van der Waals surface area contributed by atoms with E-state index in [1.807, 2.05) is 12.1 Å². The van der Waals surface area contributed by atoms with Crippen LogP contribution in [-0.4, -0.2) is 23.9 Å². The first-order valence-corrected chi connectivity index (χ1v) is 6.39. The van der Waals surface area contributed by atoms with E-state index in [9.17, 15) is 4.79 Å². The van der Waals surface area contributed by atoms with Gasteiger partial charge in [-0.1, -0.05) is 13.8 Å². The minimum absolute atomic E-state index is 0.599. The fourth-order valence-electron chi connectivity index (χ4n) is 1.99. The zero-order valence-corrected chi connectivity index (χ0v) is 10.6. The average Bonchev–Trinajstić information content (AvgIpc) is 3.14. The molecule has 92 valence electrons. The van der Waals surface area contributed by atoms with Crippen LogP contribution in [0, 0.1) is 5.92 Å². The van der Waals surface area contributed by atoms with Crippen molar-refractivity contribution < 1.29 is 4.79 Å². The summed E-state index contributed by atoms with van der Waals surface area (Å²) in [6, 6.07) is 4.27. The molecule has 0 bridgehead atoms. The van der Waals surface area contributed by atoms with Gasteiger partial charge in [-0.2, -0.15) is 0 Å². The summed E-state index contributed by atoms with van der Waals surface area (Å²) in [5.74, 6) is 1.55. The van der Waals surface area contributed by atoms with Crippen molar-refractivity contribution in [1.82, 2.24) is 4.98 Å². The van der Waals surface area contributed by atoms with Gasteiger partial charge in [-0.15, -0.1) is 0 Å². The number of hydrogen-bond acceptors (Lipinski definition) is 3. The maximum absolute atomic E-state index is 11.0. The minimum atomic E-state index is 0.599. The van der Waals surface area contributed by atoms with Gasteiger partial charge in [0.1, 0.15) is 5.82 Å². The summed E-state index contributed by atoms with van der Waals surface area (Å²) in [5.41, 5.74) is 0.711. The van der Waals surface area contributed by atoms with E-state index in [1.165, 1.54) is 12.8 Å². The highest BCUT2D eigenvalue weighted by atomic mass is 16.1. The largest absolute Gasteiger partial charge is 0.353 e. The molecule has 0 unspecified atom stereocenters. The molecule has 1 saturated carbocycles. The Hall–Kier alpha value is -1.38. The van der Waals surface area contributed by atoms with E-state index in [-0.39, 0.29) is 0 Å². The normalized spacial score (nSPS) is 15.0. The minimum Gasteiger partial charge on any atom is -0.353 e. The number of hydrogen-bond donors (Lipinski definition) is 0. The number of aldehydes is 1. The predicted molar refractivity (Wildman–Crippen MR) is 69.4 cm³/mol. The Labute approximate surface area is 103 Å². The van der Waals surface area contributed by atoms with Crippen LogP contribution in [0.4, 0.5) is 5.82 Å². The molecule has 2 rings (SSSR count). The molecule has 1 aromatic rings. The number of anilines is 1. The van der Waals surface area contributed by atoms with Crippen LogP contribution in [0.25, 0.3) is 0 Å². The third-order valence-corrected chi connectivity index (χ3v) is 3.15. The molecular weight excluding hydrogens is 212 g/mol. The third kappa shape index (κ3) is 3.05. The van der Waals surface area contributed by atoms with Gasteiger partial charge in [-0.05, 0) is 37.3 Å². The lowest BCUT2D eigenvalue weighted by Crippen LogP contribution is -2.29. The Balaban J connectivity index is 2.16. The van der Waals surface area contributed by atoms with Gasteiger partial charge in [0.25, 0.3) is 0 Å². The van der Waals surface area contributed by atoms with Gasteiger partial charge in [0.2, 0.25) is 0 Å². The second kappa shape index (κ2) is 5.30. The van der Waals surface area contributed by atoms with Gasteiger partial charge < -0.3 is 4.90 Å². The molecule has 1 fully saturated rings. The van der Waals surface area contributed by atoms with Gasteiger partial charge in [0.05, 0.1) is 5.56 Å². The summed E-state index contributed by atoms with van der Waals surface area (Å²) in [6.45, 7) is 5.45. The maximum atomic E-state index is 11.0. The van der Waals surface area contributed by atoms with Crippen LogP contribution in [0.5, 0.6) is 0 Å². The smallest absolute Gasteiger partial charge is 0.153 e. The van der Waals surface area contributed by atoms with Gasteiger partial charge >= 0.3 is 0 Å². The summed E-state index contributed by atoms with van der Waals surface area (Å²) in [6.07, 6.45) is 6.28. The van der Waals surface area contributed by atoms with E-state index >= 15 is 0 Å². The first-order chi connectivity index (χ1) is 8.22. The van der Waals surface area contributed by atoms with Crippen LogP contribution in [0.15, 0.2) is 18.3 Å². The van der Waals surface area contributed by atoms with Crippen molar-refractivity contribution in [2.45, 2.75) is 39.2 Å². The molecule has 1 heterocycles. The zero-order valence-electron chi connectivity index (χ0n) is 10.6. The van der Waals surface area contributed by atoms with Crippen molar-refractivity contribution in [1.29, 1.82) is 0 Å². The molecule has 1 aromatic heterocycles. The van der Waals surface area contributed by atoms with Crippen molar-refractivity contribution in [3.63, 3.8) is 0 Å². The van der Waals surface area contributed by atoms with Gasteiger partial charge in [0.15, 0.2) is 6.29 Å². The molecule has 1 aliphatic carbocycles. The Morgan fingerprint density at radius 2 is 2.29 bits per heavy atom. The van der Waals surface area contributed by atoms with Crippen molar-refractivity contribution in [2.75, 3.05) is 11.4 Å². The van der Waals surface area contributed by atoms with Crippen LogP contribution in [0.1, 0.15) is 43.5 Å². The monoisotopic (exact) mass is 232 g/mol. The van der Waals surface area contributed by atoms with Crippen molar-refractivity contribution in [3.05, 3.63) is 23.9 Å². The van der Waals surface area contributed by atoms with Gasteiger partial charge in [-0.25, -0.2) is 4.98 Å². The lowest BCUT2D eigenvalue weighted by atomic mass is 10.1. The summed E-state index contributed by atoms with van der Waals surface area (Å²) in [4.78, 5) is 17.7. The number of nitrogens with zero attached hydrogens (tertiary/aromatic N) is 2. The van der Waals surface area contributed by atoms with Crippen molar-refractivity contribution >= 4 is 12.1 Å². The van der Waals surface area contributed by atoms with E-state index in [0.29, 0.717) is 17.5 Å². The molecule has 0 spiro atoms. The molecule has 1 aliphatic rings. The second-order valence-electron chi connectivity index (χ2n) is 5.14. The Kier molecular flexibility index (Phi) is 3.77. The lowest BCUT2D eigenvalue weighted by molar-refractivity contribution is 0.112. The van der Waals surface area contributed by atoms with Crippen LogP contribution in [0.2, 0.25) is 0 Å². The number of rotatable bonds is 6. The van der Waals surface area contributed by atoms with E-state index < -0.39 is 0 Å². The Morgan fingerprint density at radius 3 is 2.88 bits per heavy atom. The maximum Gasteiger partial charge on any atom is 0.153 e. The predicted octanol–water partition coefficient (Wildman–Crippen LogP) is 2.91. The molecule has 0 radical (unpaired) electrons. The standard InChI is InChI=1S/C14H20N2O/c1-11(2)7-9-16(13-5-6-13)14-12(10-17)4-3-8-15-14/h3-4,8,10-11,13H,5-7,9H2,1-2H3. The molecule has 0 aromatic carbocycles. The zero-order chi connectivity index (χ0) is 12.3. The molecule has 0 saturated heterocycles. The van der Waals surface area contributed by atoms with E-state index in [0.717, 1.165) is 25.1 Å². The first kappa shape index (κ1) is 12.1. The molecule has 17 heavy (non-hydrogen) atoms. The molecule has 0 atom stereocenters. The highest BCUT2D eigenvalue weighted by Gasteiger charge is 2.30. The van der Waals surface area contributed by atoms with E-state index in [4.69, 9.17) is 0 Å². The number of carbonyl (C=O) groups is 1. The Bertz CT molecular complexity index is 386. The molecule has 0 amide bonds. The highest BCUT2D eigenvalue weighted by Crippen LogP contribution is 2.32. The van der Waals surface area contributed by atoms with Gasteiger partial charge in [-0.3, -0.25) is 4.79 Å². The first-order valence-electron chi connectivity index (χ1n) is 6.39. The summed E-state index contributed by atoms with van der Waals surface area (Å²) < 4.78 is 0. The van der Waals surface area contributed by atoms with Crippen molar-refractivity contribution in [3.8, 4) is 0 Å². The van der Waals surface area contributed by atoms with E-state index in [2.05, 4.69) is 23.7 Å². The number of carbonyl (C=O) groups excluding carboxylic acids is 1. The average molecular weight is 232 g/mol. The summed E-state index contributed by atoms with van der Waals surface area (Å²) >= 11 is 0. The number of pyridine rings is 1. The molecule has 0 aliphatic heterocycles. The molecule has 3 heteroatoms. The topological polar surface area (TPSA) is 33.2 Å². The van der Waals surface area contributed by atoms with Gasteiger partial charge in [0, 0.05) is 18.8 Å². The summed E-state index contributed by atoms with van der Waals surface area (Å²) in [5, 5.41) is 0. The highest BCUT2D eigenvalue weighted by molar-refractivity contribution is 5.82. The van der Waals surface area contributed by atoms with Crippen LogP contribution >= 0.6 is 0 Å². The Morgan fingerprint density at radius 1 is 1.53 bits per heavy atom. The lowest BCUT2D eigenvalue weighted by Gasteiger charge is -2.25. The van der Waals surface area contributed by atoms with Crippen molar-refractivity contribution in [2.24, 2.45) is 5.92 Å². The summed E-state index contributed by atoms with van der Waals surface area (Å²) in [7, 11) is 0. The van der Waals surface area contributed by atoms with Crippen LogP contribution in [0.3, 0.4) is 0 Å². The fraction of sp³-hybridized carbons (Fsp3) is 0.571. The van der Waals surface area contributed by atoms with Crippen LogP contribution in [-0.2, 0) is 0 Å². The molecule has 3 nitrogen and oxygen atoms in total. The second-order valence-corrected chi connectivity index (χ2v) is 5.14. The molecule has 0 N–H and O–H groups in total. The third-order valence-electron chi connectivity index (χ3n) is 3.15. The fourth-order valence-corrected chi connectivity index (χ4v) is 1.99.